The van der Waals surface area contributed by atoms with E-state index in [-0.39, 0.29) is 0 Å². The quantitative estimate of drug-likeness (QED) is 0.723. The monoisotopic (exact) mass is 226 g/mol. The van der Waals surface area contributed by atoms with Gasteiger partial charge in [0.05, 0.1) is 0 Å². The molecule has 16 heavy (non-hydrogen) atoms. The van der Waals surface area contributed by atoms with Gasteiger partial charge < -0.3 is 10.6 Å². The first-order chi connectivity index (χ1) is 7.80. The molecule has 2 heteroatoms. The molecular weight excluding hydrogens is 196 g/mol. The van der Waals surface area contributed by atoms with Crippen molar-refractivity contribution >= 4 is 0 Å². The molecule has 0 amide bonds. The lowest BCUT2D eigenvalue weighted by Gasteiger charge is -2.32. The van der Waals surface area contributed by atoms with Gasteiger partial charge in [0.1, 0.15) is 0 Å². The summed E-state index contributed by atoms with van der Waals surface area (Å²) < 4.78 is 0. The fraction of sp³-hybridized carbons (Fsp3) is 1.00. The molecule has 1 fully saturated rings. The minimum atomic E-state index is 0.744. The van der Waals surface area contributed by atoms with Crippen molar-refractivity contribution in [2.45, 2.75) is 52.4 Å². The fourth-order valence-electron chi connectivity index (χ4n) is 2.76. The van der Waals surface area contributed by atoms with E-state index in [1.54, 1.807) is 0 Å². The number of hydrogen-bond acceptors (Lipinski definition) is 2. The van der Waals surface area contributed by atoms with Crippen LogP contribution in [0.3, 0.4) is 0 Å². The SMILES string of the molecule is CCCC1CCN(CCC(CC)CN)CC1. The van der Waals surface area contributed by atoms with Crippen LogP contribution in [0.1, 0.15) is 52.4 Å². The van der Waals surface area contributed by atoms with Gasteiger partial charge in [-0.05, 0) is 57.3 Å². The molecule has 0 aromatic carbocycles. The van der Waals surface area contributed by atoms with Crippen molar-refractivity contribution in [2.24, 2.45) is 17.6 Å². The van der Waals surface area contributed by atoms with Gasteiger partial charge in [0.15, 0.2) is 0 Å². The van der Waals surface area contributed by atoms with Gasteiger partial charge in [-0.15, -0.1) is 0 Å². The van der Waals surface area contributed by atoms with Crippen molar-refractivity contribution in [2.75, 3.05) is 26.2 Å². The lowest BCUT2D eigenvalue weighted by atomic mass is 9.92. The minimum absolute atomic E-state index is 0.744. The highest BCUT2D eigenvalue weighted by Crippen LogP contribution is 2.22. The number of nitrogens with zero attached hydrogens (tertiary/aromatic N) is 1. The Morgan fingerprint density at radius 3 is 2.44 bits per heavy atom. The molecule has 1 saturated heterocycles. The largest absolute Gasteiger partial charge is 0.330 e. The standard InChI is InChI=1S/C14H30N2/c1-3-5-14-7-10-16(11-8-14)9-6-13(4-2)12-15/h13-14H,3-12,15H2,1-2H3. The number of likely N-dealkylation sites (tertiary alicyclic amines) is 1. The summed E-state index contributed by atoms with van der Waals surface area (Å²) in [5, 5.41) is 0. The zero-order valence-corrected chi connectivity index (χ0v) is 11.3. The van der Waals surface area contributed by atoms with Crippen LogP contribution in [-0.2, 0) is 0 Å². The van der Waals surface area contributed by atoms with Crippen LogP contribution < -0.4 is 5.73 Å². The topological polar surface area (TPSA) is 29.3 Å². The predicted molar refractivity (Wildman–Crippen MR) is 71.5 cm³/mol. The van der Waals surface area contributed by atoms with Gasteiger partial charge in [-0.1, -0.05) is 33.1 Å². The second kappa shape index (κ2) is 8.08. The summed E-state index contributed by atoms with van der Waals surface area (Å²) in [7, 11) is 0. The van der Waals surface area contributed by atoms with Gasteiger partial charge in [-0.2, -0.15) is 0 Å². The summed E-state index contributed by atoms with van der Waals surface area (Å²) >= 11 is 0. The molecule has 0 bridgehead atoms. The number of rotatable bonds is 7. The number of piperidine rings is 1. The Bertz CT molecular complexity index is 158. The molecule has 1 unspecified atom stereocenters. The van der Waals surface area contributed by atoms with Gasteiger partial charge in [0.25, 0.3) is 0 Å². The number of hydrogen-bond donors (Lipinski definition) is 1. The Kier molecular flexibility index (Phi) is 7.06. The fourth-order valence-corrected chi connectivity index (χ4v) is 2.76. The van der Waals surface area contributed by atoms with Crippen LogP contribution in [0, 0.1) is 11.8 Å². The lowest BCUT2D eigenvalue weighted by Crippen LogP contribution is -2.35. The van der Waals surface area contributed by atoms with E-state index in [2.05, 4.69) is 18.7 Å². The molecule has 0 aromatic heterocycles. The molecule has 0 aliphatic carbocycles. The zero-order valence-electron chi connectivity index (χ0n) is 11.3. The van der Waals surface area contributed by atoms with Crippen LogP contribution in [-0.4, -0.2) is 31.1 Å². The smallest absolute Gasteiger partial charge is 0.00156 e. The second-order valence-electron chi connectivity index (χ2n) is 5.37. The van der Waals surface area contributed by atoms with E-state index in [0.29, 0.717) is 0 Å². The van der Waals surface area contributed by atoms with Gasteiger partial charge in [0, 0.05) is 0 Å². The molecule has 1 aliphatic rings. The summed E-state index contributed by atoms with van der Waals surface area (Å²) in [5.41, 5.74) is 5.74. The van der Waals surface area contributed by atoms with E-state index in [1.807, 2.05) is 0 Å². The number of nitrogens with two attached hydrogens (primary N) is 1. The molecule has 0 radical (unpaired) electrons. The van der Waals surface area contributed by atoms with Crippen molar-refractivity contribution in [1.82, 2.24) is 4.90 Å². The molecule has 1 rings (SSSR count). The van der Waals surface area contributed by atoms with Crippen molar-refractivity contribution in [3.63, 3.8) is 0 Å². The van der Waals surface area contributed by atoms with Crippen LogP contribution in [0.2, 0.25) is 0 Å². The van der Waals surface area contributed by atoms with E-state index < -0.39 is 0 Å². The maximum atomic E-state index is 5.74. The van der Waals surface area contributed by atoms with E-state index in [1.165, 1.54) is 58.2 Å². The van der Waals surface area contributed by atoms with Gasteiger partial charge in [-0.25, -0.2) is 0 Å². The van der Waals surface area contributed by atoms with Crippen LogP contribution in [0.4, 0.5) is 0 Å². The van der Waals surface area contributed by atoms with E-state index >= 15 is 0 Å². The third-order valence-corrected chi connectivity index (χ3v) is 4.17. The maximum Gasteiger partial charge on any atom is -0.00156 e. The van der Waals surface area contributed by atoms with Crippen molar-refractivity contribution in [3.05, 3.63) is 0 Å². The van der Waals surface area contributed by atoms with Crippen molar-refractivity contribution < 1.29 is 0 Å². The Morgan fingerprint density at radius 1 is 1.25 bits per heavy atom. The first-order valence-electron chi connectivity index (χ1n) is 7.22. The first-order valence-corrected chi connectivity index (χ1v) is 7.22. The van der Waals surface area contributed by atoms with Crippen LogP contribution in [0.5, 0.6) is 0 Å². The van der Waals surface area contributed by atoms with E-state index in [9.17, 15) is 0 Å². The molecule has 2 nitrogen and oxygen atoms in total. The molecule has 1 heterocycles. The highest BCUT2D eigenvalue weighted by molar-refractivity contribution is 4.73. The zero-order chi connectivity index (χ0) is 11.8. The highest BCUT2D eigenvalue weighted by atomic mass is 15.1. The van der Waals surface area contributed by atoms with Crippen LogP contribution in [0.25, 0.3) is 0 Å². The normalized spacial score (nSPS) is 21.2. The Balaban J connectivity index is 2.12. The summed E-state index contributed by atoms with van der Waals surface area (Å²) in [6.45, 7) is 9.35. The Labute approximate surface area is 102 Å². The molecule has 0 aromatic rings. The molecule has 0 spiro atoms. The summed E-state index contributed by atoms with van der Waals surface area (Å²) in [6.07, 6.45) is 8.18. The Hall–Kier alpha value is -0.0800. The Morgan fingerprint density at radius 2 is 1.94 bits per heavy atom. The van der Waals surface area contributed by atoms with Gasteiger partial charge >= 0.3 is 0 Å². The summed E-state index contributed by atoms with van der Waals surface area (Å²) in [5.74, 6) is 1.76. The van der Waals surface area contributed by atoms with Crippen LogP contribution >= 0.6 is 0 Å². The molecule has 0 saturated carbocycles. The van der Waals surface area contributed by atoms with Crippen molar-refractivity contribution in [1.29, 1.82) is 0 Å². The predicted octanol–water partition coefficient (Wildman–Crippen LogP) is 2.87. The molecular formula is C14H30N2. The average molecular weight is 226 g/mol. The summed E-state index contributed by atoms with van der Waals surface area (Å²) in [6, 6.07) is 0. The van der Waals surface area contributed by atoms with E-state index in [4.69, 9.17) is 5.73 Å². The molecule has 96 valence electrons. The summed E-state index contributed by atoms with van der Waals surface area (Å²) in [4.78, 5) is 2.64. The molecule has 2 N–H and O–H groups in total. The van der Waals surface area contributed by atoms with E-state index in [0.717, 1.165) is 18.4 Å². The van der Waals surface area contributed by atoms with Gasteiger partial charge in [-0.3, -0.25) is 0 Å². The molecule has 1 atom stereocenters. The van der Waals surface area contributed by atoms with Gasteiger partial charge in [0.2, 0.25) is 0 Å². The van der Waals surface area contributed by atoms with Crippen LogP contribution in [0.15, 0.2) is 0 Å². The minimum Gasteiger partial charge on any atom is -0.330 e. The molecule has 1 aliphatic heterocycles. The maximum absolute atomic E-state index is 5.74. The second-order valence-corrected chi connectivity index (χ2v) is 5.37. The third-order valence-electron chi connectivity index (χ3n) is 4.17. The van der Waals surface area contributed by atoms with Crippen molar-refractivity contribution in [3.8, 4) is 0 Å². The highest BCUT2D eigenvalue weighted by Gasteiger charge is 2.18. The first kappa shape index (κ1) is 14.0. The lowest BCUT2D eigenvalue weighted by molar-refractivity contribution is 0.168. The third kappa shape index (κ3) is 4.84. The average Bonchev–Trinajstić information content (AvgIpc) is 2.33.